The van der Waals surface area contributed by atoms with Crippen molar-refractivity contribution in [1.82, 2.24) is 14.3 Å². The van der Waals surface area contributed by atoms with E-state index in [1.165, 1.54) is 10.5 Å². The minimum atomic E-state index is -3.59. The van der Waals surface area contributed by atoms with Crippen LogP contribution in [0.3, 0.4) is 0 Å². The van der Waals surface area contributed by atoms with E-state index in [1.54, 1.807) is 0 Å². The highest BCUT2D eigenvalue weighted by Gasteiger charge is 2.39. The molecule has 1 fully saturated rings. The van der Waals surface area contributed by atoms with Gasteiger partial charge < -0.3 is 9.72 Å². The number of sulfonamides is 1. The van der Waals surface area contributed by atoms with Crippen molar-refractivity contribution in [3.8, 4) is 0 Å². The second-order valence-electron chi connectivity index (χ2n) is 5.50. The van der Waals surface area contributed by atoms with E-state index in [0.29, 0.717) is 18.8 Å². The van der Waals surface area contributed by atoms with Gasteiger partial charge in [0.25, 0.3) is 10.0 Å². The largest absolute Gasteiger partial charge is 0.368 e. The number of nitrogens with one attached hydrogen (secondary N) is 1. The predicted octanol–water partition coefficient (Wildman–Crippen LogP) is 1.38. The summed E-state index contributed by atoms with van der Waals surface area (Å²) in [6.07, 6.45) is 1.73. The van der Waals surface area contributed by atoms with Crippen LogP contribution in [-0.4, -0.2) is 53.4 Å². The molecule has 1 unspecified atom stereocenters. The Morgan fingerprint density at radius 2 is 2.30 bits per heavy atom. The molecule has 0 aromatic carbocycles. The molecule has 0 spiro atoms. The number of imidazole rings is 1. The zero-order valence-corrected chi connectivity index (χ0v) is 13.5. The van der Waals surface area contributed by atoms with Gasteiger partial charge in [-0.1, -0.05) is 6.92 Å². The second-order valence-corrected chi connectivity index (χ2v) is 7.71. The Kier molecular flexibility index (Phi) is 4.44. The maximum atomic E-state index is 12.6. The molecule has 0 aliphatic carbocycles. The molecule has 0 amide bonds. The molecular formula is C12H20ClN3O3S. The summed E-state index contributed by atoms with van der Waals surface area (Å²) in [7, 11) is -3.59. The SMILES string of the molecule is CCc1ncc(S(=O)(=O)N2CC(CCl)OC(C)(C)C2)[nH]1. The molecule has 8 heteroatoms. The molecule has 2 rings (SSSR count). The minimum absolute atomic E-state index is 0.125. The minimum Gasteiger partial charge on any atom is -0.368 e. The summed E-state index contributed by atoms with van der Waals surface area (Å²) < 4.78 is 32.4. The number of aromatic amines is 1. The first-order valence-corrected chi connectivity index (χ1v) is 8.54. The summed E-state index contributed by atoms with van der Waals surface area (Å²) in [5.41, 5.74) is -0.557. The molecule has 0 bridgehead atoms. The van der Waals surface area contributed by atoms with Crippen molar-refractivity contribution in [1.29, 1.82) is 0 Å². The third-order valence-corrected chi connectivity index (χ3v) is 5.25. The molecular weight excluding hydrogens is 302 g/mol. The van der Waals surface area contributed by atoms with E-state index >= 15 is 0 Å². The van der Waals surface area contributed by atoms with Gasteiger partial charge in [-0.15, -0.1) is 11.6 Å². The third-order valence-electron chi connectivity index (χ3n) is 3.18. The zero-order valence-electron chi connectivity index (χ0n) is 11.9. The normalized spacial score (nSPS) is 23.9. The highest BCUT2D eigenvalue weighted by Crippen LogP contribution is 2.26. The van der Waals surface area contributed by atoms with Gasteiger partial charge in [0.1, 0.15) is 5.82 Å². The predicted molar refractivity (Wildman–Crippen MR) is 76.4 cm³/mol. The fourth-order valence-electron chi connectivity index (χ4n) is 2.30. The molecule has 1 N–H and O–H groups in total. The first-order chi connectivity index (χ1) is 9.28. The number of aryl methyl sites for hydroxylation is 1. The van der Waals surface area contributed by atoms with Gasteiger partial charge in [0.05, 0.1) is 17.9 Å². The van der Waals surface area contributed by atoms with Crippen LogP contribution in [0.15, 0.2) is 11.2 Å². The number of alkyl halides is 1. The van der Waals surface area contributed by atoms with Crippen molar-refractivity contribution >= 4 is 21.6 Å². The Bertz CT molecular complexity index is 570. The monoisotopic (exact) mass is 321 g/mol. The number of ether oxygens (including phenoxy) is 1. The van der Waals surface area contributed by atoms with Crippen LogP contribution in [0.2, 0.25) is 0 Å². The van der Waals surface area contributed by atoms with Gasteiger partial charge in [-0.2, -0.15) is 4.31 Å². The van der Waals surface area contributed by atoms with E-state index in [1.807, 2.05) is 20.8 Å². The van der Waals surface area contributed by atoms with Gasteiger partial charge >= 0.3 is 0 Å². The number of rotatable bonds is 4. The van der Waals surface area contributed by atoms with Gasteiger partial charge in [-0.05, 0) is 13.8 Å². The quantitative estimate of drug-likeness (QED) is 0.850. The van der Waals surface area contributed by atoms with Gasteiger partial charge in [0.15, 0.2) is 5.03 Å². The van der Waals surface area contributed by atoms with Crippen molar-refractivity contribution in [2.75, 3.05) is 19.0 Å². The highest BCUT2D eigenvalue weighted by molar-refractivity contribution is 7.89. The first-order valence-electron chi connectivity index (χ1n) is 6.56. The van der Waals surface area contributed by atoms with E-state index in [-0.39, 0.29) is 23.6 Å². The molecule has 0 radical (unpaired) electrons. The molecule has 6 nitrogen and oxygen atoms in total. The Morgan fingerprint density at radius 3 is 2.85 bits per heavy atom. The van der Waals surface area contributed by atoms with Crippen LogP contribution in [0, 0.1) is 0 Å². The standard InChI is InChI=1S/C12H20ClN3O3S/c1-4-10-14-6-11(15-10)20(17,18)16-7-9(5-13)19-12(2,3)8-16/h6,9H,4-5,7-8H2,1-3H3,(H,14,15). The Hall–Kier alpha value is -0.630. The summed E-state index contributed by atoms with van der Waals surface area (Å²) in [4.78, 5) is 6.90. The summed E-state index contributed by atoms with van der Waals surface area (Å²) in [6.45, 7) is 6.19. The van der Waals surface area contributed by atoms with Crippen molar-refractivity contribution in [2.24, 2.45) is 0 Å². The van der Waals surface area contributed by atoms with Crippen LogP contribution < -0.4 is 0 Å². The Balaban J connectivity index is 2.28. The lowest BCUT2D eigenvalue weighted by molar-refractivity contribution is -0.107. The molecule has 1 atom stereocenters. The summed E-state index contributed by atoms with van der Waals surface area (Å²) >= 11 is 5.83. The number of hydrogen-bond acceptors (Lipinski definition) is 4. The number of nitrogens with zero attached hydrogens (tertiary/aromatic N) is 2. The number of aromatic nitrogens is 2. The second kappa shape index (κ2) is 5.63. The lowest BCUT2D eigenvalue weighted by Crippen LogP contribution is -2.55. The first kappa shape index (κ1) is 15.8. The van der Waals surface area contributed by atoms with Crippen LogP contribution >= 0.6 is 11.6 Å². The molecule has 1 aromatic heterocycles. The van der Waals surface area contributed by atoms with Crippen LogP contribution in [0.4, 0.5) is 0 Å². The number of halogens is 1. The topological polar surface area (TPSA) is 75.3 Å². The van der Waals surface area contributed by atoms with Crippen molar-refractivity contribution in [2.45, 2.75) is 43.9 Å². The maximum Gasteiger partial charge on any atom is 0.260 e. The molecule has 0 saturated carbocycles. The smallest absolute Gasteiger partial charge is 0.260 e. The molecule has 1 aromatic rings. The summed E-state index contributed by atoms with van der Waals surface area (Å²) in [6, 6.07) is 0. The van der Waals surface area contributed by atoms with Crippen LogP contribution in [0.1, 0.15) is 26.6 Å². The molecule has 1 aliphatic heterocycles. The van der Waals surface area contributed by atoms with E-state index < -0.39 is 15.6 Å². The molecule has 1 saturated heterocycles. The van der Waals surface area contributed by atoms with Crippen LogP contribution in [0.5, 0.6) is 0 Å². The maximum absolute atomic E-state index is 12.6. The molecule has 20 heavy (non-hydrogen) atoms. The third kappa shape index (κ3) is 3.16. The van der Waals surface area contributed by atoms with E-state index in [2.05, 4.69) is 9.97 Å². The van der Waals surface area contributed by atoms with Crippen LogP contribution in [0.25, 0.3) is 0 Å². The van der Waals surface area contributed by atoms with Crippen molar-refractivity contribution < 1.29 is 13.2 Å². The van der Waals surface area contributed by atoms with E-state index in [9.17, 15) is 8.42 Å². The lowest BCUT2D eigenvalue weighted by Gasteiger charge is -2.41. The fraction of sp³-hybridized carbons (Fsp3) is 0.750. The van der Waals surface area contributed by atoms with Crippen molar-refractivity contribution in [3.63, 3.8) is 0 Å². The lowest BCUT2D eigenvalue weighted by atomic mass is 10.1. The van der Waals surface area contributed by atoms with E-state index in [0.717, 1.165) is 0 Å². The molecule has 114 valence electrons. The van der Waals surface area contributed by atoms with Gasteiger partial charge in [-0.3, -0.25) is 0 Å². The highest BCUT2D eigenvalue weighted by atomic mass is 35.5. The summed E-state index contributed by atoms with van der Waals surface area (Å²) in [5, 5.41) is 0.125. The average molecular weight is 322 g/mol. The number of hydrogen-bond donors (Lipinski definition) is 1. The number of H-pyrrole nitrogens is 1. The van der Waals surface area contributed by atoms with Crippen molar-refractivity contribution in [3.05, 3.63) is 12.0 Å². The van der Waals surface area contributed by atoms with Gasteiger partial charge in [-0.25, -0.2) is 13.4 Å². The summed E-state index contributed by atoms with van der Waals surface area (Å²) in [5.74, 6) is 0.920. The fourth-order valence-corrected chi connectivity index (χ4v) is 4.01. The number of morpholine rings is 1. The molecule has 2 heterocycles. The van der Waals surface area contributed by atoms with E-state index in [4.69, 9.17) is 16.3 Å². The Labute approximate surface area is 124 Å². The van der Waals surface area contributed by atoms with Gasteiger partial charge in [0.2, 0.25) is 0 Å². The average Bonchev–Trinajstić information content (AvgIpc) is 2.86. The van der Waals surface area contributed by atoms with Gasteiger partial charge in [0, 0.05) is 25.4 Å². The van der Waals surface area contributed by atoms with Crippen LogP contribution in [-0.2, 0) is 21.2 Å². The Morgan fingerprint density at radius 1 is 1.60 bits per heavy atom. The molecule has 1 aliphatic rings. The zero-order chi connectivity index (χ0) is 15.0.